The van der Waals surface area contributed by atoms with Crippen molar-refractivity contribution >= 4 is 23.6 Å². The molecule has 1 aromatic carbocycles. The van der Waals surface area contributed by atoms with Crippen molar-refractivity contribution in [1.82, 2.24) is 10.6 Å². The third kappa shape index (κ3) is 5.98. The monoisotopic (exact) mass is 361 g/mol. The van der Waals surface area contributed by atoms with Crippen molar-refractivity contribution in [2.24, 2.45) is 0 Å². The Labute approximate surface area is 141 Å². The molecule has 1 rings (SSSR count). The summed E-state index contributed by atoms with van der Waals surface area (Å²) >= 11 is 0. The molecule has 1 aromatic rings. The normalized spacial score (nSPS) is 12.4. The molecule has 0 heterocycles. The van der Waals surface area contributed by atoms with Crippen LogP contribution in [0.15, 0.2) is 18.2 Å². The zero-order chi connectivity index (χ0) is 19.4. The van der Waals surface area contributed by atoms with Gasteiger partial charge in [-0.15, -0.1) is 0 Å². The first-order valence-corrected chi connectivity index (χ1v) is 7.21. The maximum absolute atomic E-state index is 12.6. The van der Waals surface area contributed by atoms with Crippen LogP contribution in [0.3, 0.4) is 0 Å². The Morgan fingerprint density at radius 1 is 1.16 bits per heavy atom. The lowest BCUT2D eigenvalue weighted by Gasteiger charge is -2.15. The summed E-state index contributed by atoms with van der Waals surface area (Å²) in [6.45, 7) is 4.57. The van der Waals surface area contributed by atoms with Gasteiger partial charge in [0.2, 0.25) is 0 Å². The van der Waals surface area contributed by atoms with E-state index in [1.165, 1.54) is 6.92 Å². The van der Waals surface area contributed by atoms with Gasteiger partial charge >= 0.3 is 18.2 Å². The highest BCUT2D eigenvalue weighted by Crippen LogP contribution is 2.31. The molecule has 138 valence electrons. The molecule has 0 aromatic heterocycles. The molecule has 0 bridgehead atoms. The number of hydrogen-bond donors (Lipinski definition) is 3. The second-order valence-electron chi connectivity index (χ2n) is 5.46. The van der Waals surface area contributed by atoms with Crippen molar-refractivity contribution < 1.29 is 32.3 Å². The minimum Gasteiger partial charge on any atom is -0.449 e. The number of esters is 1. The fourth-order valence-corrected chi connectivity index (χ4v) is 1.71. The van der Waals surface area contributed by atoms with E-state index in [9.17, 15) is 27.6 Å². The number of nitrogens with two attached hydrogens (primary N) is 1. The maximum atomic E-state index is 12.6. The highest BCUT2D eigenvalue weighted by atomic mass is 19.4. The summed E-state index contributed by atoms with van der Waals surface area (Å²) in [5, 5.41) is 4.37. The average molecular weight is 361 g/mol. The molecule has 0 saturated heterocycles. The number of rotatable bonds is 4. The Hall–Kier alpha value is -2.78. The van der Waals surface area contributed by atoms with Gasteiger partial charge in [-0.25, -0.2) is 9.59 Å². The Bertz CT molecular complexity index is 674. The van der Waals surface area contributed by atoms with Crippen molar-refractivity contribution in [3.63, 3.8) is 0 Å². The molecule has 0 spiro atoms. The van der Waals surface area contributed by atoms with Gasteiger partial charge in [0.15, 0.2) is 6.10 Å². The highest BCUT2D eigenvalue weighted by Gasteiger charge is 2.31. The molecule has 0 aliphatic heterocycles. The molecule has 25 heavy (non-hydrogen) atoms. The van der Waals surface area contributed by atoms with Crippen LogP contribution in [-0.4, -0.2) is 30.1 Å². The smallest absolute Gasteiger partial charge is 0.416 e. The summed E-state index contributed by atoms with van der Waals surface area (Å²) in [6, 6.07) is 1.15. The number of amides is 3. The number of benzene rings is 1. The van der Waals surface area contributed by atoms with Crippen LogP contribution in [0.4, 0.5) is 23.7 Å². The lowest BCUT2D eigenvalue weighted by molar-refractivity contribution is -0.137. The minimum absolute atomic E-state index is 0.211. The van der Waals surface area contributed by atoms with E-state index in [0.717, 1.165) is 6.07 Å². The number of anilines is 1. The quantitative estimate of drug-likeness (QED) is 0.562. The van der Waals surface area contributed by atoms with Crippen molar-refractivity contribution in [3.05, 3.63) is 29.3 Å². The van der Waals surface area contributed by atoms with E-state index in [-0.39, 0.29) is 11.6 Å². The van der Waals surface area contributed by atoms with Crippen LogP contribution in [0, 0.1) is 0 Å². The van der Waals surface area contributed by atoms with Gasteiger partial charge in [-0.05, 0) is 39.0 Å². The van der Waals surface area contributed by atoms with Crippen LogP contribution in [0.25, 0.3) is 0 Å². The summed E-state index contributed by atoms with van der Waals surface area (Å²) in [6.07, 6.45) is -5.96. The number of nitrogens with one attached hydrogen (secondary N) is 2. The number of urea groups is 1. The van der Waals surface area contributed by atoms with Crippen molar-refractivity contribution in [3.8, 4) is 0 Å². The summed E-state index contributed by atoms with van der Waals surface area (Å²) in [4.78, 5) is 35.1. The highest BCUT2D eigenvalue weighted by molar-refractivity contribution is 6.00. The number of ether oxygens (including phenoxy) is 1. The Kier molecular flexibility index (Phi) is 6.37. The van der Waals surface area contributed by atoms with Gasteiger partial charge in [0, 0.05) is 11.7 Å². The van der Waals surface area contributed by atoms with Crippen LogP contribution >= 0.6 is 0 Å². The van der Waals surface area contributed by atoms with Gasteiger partial charge in [-0.1, -0.05) is 0 Å². The van der Waals surface area contributed by atoms with Crippen LogP contribution in [0.2, 0.25) is 0 Å². The molecule has 0 aliphatic rings. The van der Waals surface area contributed by atoms with Gasteiger partial charge in [0.25, 0.3) is 5.91 Å². The van der Waals surface area contributed by atoms with Crippen LogP contribution < -0.4 is 16.4 Å². The Balaban J connectivity index is 2.75. The molecule has 0 unspecified atom stereocenters. The molecule has 10 heteroatoms. The molecule has 0 fully saturated rings. The summed E-state index contributed by atoms with van der Waals surface area (Å²) < 4.78 is 42.5. The molecule has 7 nitrogen and oxygen atoms in total. The molecule has 3 amide bonds. The van der Waals surface area contributed by atoms with Gasteiger partial charge in [0.05, 0.1) is 11.1 Å². The predicted molar refractivity (Wildman–Crippen MR) is 82.5 cm³/mol. The first-order valence-electron chi connectivity index (χ1n) is 7.21. The maximum Gasteiger partial charge on any atom is 0.416 e. The molecule has 4 N–H and O–H groups in total. The van der Waals surface area contributed by atoms with E-state index < -0.39 is 41.4 Å². The number of alkyl halides is 3. The summed E-state index contributed by atoms with van der Waals surface area (Å²) in [5.41, 5.74) is 3.66. The molecule has 1 atom stereocenters. The summed E-state index contributed by atoms with van der Waals surface area (Å²) in [7, 11) is 0. The predicted octanol–water partition coefficient (Wildman–Crippen LogP) is 2.07. The topological polar surface area (TPSA) is 111 Å². The molecular weight excluding hydrogens is 343 g/mol. The van der Waals surface area contributed by atoms with Gasteiger partial charge in [-0.3, -0.25) is 10.1 Å². The van der Waals surface area contributed by atoms with Crippen molar-refractivity contribution in [2.45, 2.75) is 39.1 Å². The molecule has 0 saturated carbocycles. The van der Waals surface area contributed by atoms with E-state index in [0.29, 0.717) is 12.1 Å². The second kappa shape index (κ2) is 7.86. The van der Waals surface area contributed by atoms with Crippen molar-refractivity contribution in [1.29, 1.82) is 0 Å². The molecular formula is C15H18F3N3O4. The number of carbonyl (C=O) groups excluding carboxylic acids is 3. The minimum atomic E-state index is -4.60. The number of nitrogen functional groups attached to an aromatic ring is 1. The Morgan fingerprint density at radius 3 is 2.24 bits per heavy atom. The molecule has 0 aliphatic carbocycles. The van der Waals surface area contributed by atoms with E-state index in [1.54, 1.807) is 13.8 Å². The third-order valence-corrected chi connectivity index (χ3v) is 2.91. The summed E-state index contributed by atoms with van der Waals surface area (Å²) in [5.74, 6) is -1.98. The lowest BCUT2D eigenvalue weighted by Crippen LogP contribution is -2.46. The van der Waals surface area contributed by atoms with Crippen LogP contribution in [0.1, 0.15) is 36.7 Å². The van der Waals surface area contributed by atoms with E-state index in [2.05, 4.69) is 5.32 Å². The SMILES string of the molecule is CC(C)NC(=O)NC(=O)[C@H](C)OC(=O)c1ccc(C(F)(F)F)cc1N. The number of halogens is 3. The van der Waals surface area contributed by atoms with E-state index >= 15 is 0 Å². The third-order valence-electron chi connectivity index (χ3n) is 2.91. The number of imide groups is 1. The van der Waals surface area contributed by atoms with E-state index in [1.807, 2.05) is 5.32 Å². The fourth-order valence-electron chi connectivity index (χ4n) is 1.71. The number of carbonyl (C=O) groups is 3. The average Bonchev–Trinajstić information content (AvgIpc) is 2.44. The van der Waals surface area contributed by atoms with Crippen molar-refractivity contribution in [2.75, 3.05) is 5.73 Å². The first kappa shape index (κ1) is 20.3. The lowest BCUT2D eigenvalue weighted by atomic mass is 10.1. The first-order chi connectivity index (χ1) is 11.4. The largest absolute Gasteiger partial charge is 0.449 e. The van der Waals surface area contributed by atoms with Crippen LogP contribution in [-0.2, 0) is 15.7 Å². The van der Waals surface area contributed by atoms with Gasteiger partial charge < -0.3 is 15.8 Å². The zero-order valence-corrected chi connectivity index (χ0v) is 13.7. The standard InChI is InChI=1S/C15H18F3N3O4/c1-7(2)20-14(24)21-12(22)8(3)25-13(23)10-5-4-9(6-11(10)19)15(16,17)18/h4-8H,19H2,1-3H3,(H2,20,21,22,24)/t8-/m0/s1. The van der Waals surface area contributed by atoms with Gasteiger partial charge in [0.1, 0.15) is 0 Å². The van der Waals surface area contributed by atoms with E-state index in [4.69, 9.17) is 10.5 Å². The fraction of sp³-hybridized carbons (Fsp3) is 0.400. The van der Waals surface area contributed by atoms with Gasteiger partial charge in [-0.2, -0.15) is 13.2 Å². The second-order valence-corrected chi connectivity index (χ2v) is 5.46. The number of hydrogen-bond acceptors (Lipinski definition) is 5. The molecule has 0 radical (unpaired) electrons. The Morgan fingerprint density at radius 2 is 1.76 bits per heavy atom. The van der Waals surface area contributed by atoms with Crippen LogP contribution in [0.5, 0.6) is 0 Å². The zero-order valence-electron chi connectivity index (χ0n) is 13.7.